The van der Waals surface area contributed by atoms with Gasteiger partial charge < -0.3 is 95.4 Å². The summed E-state index contributed by atoms with van der Waals surface area (Å²) in [7, 11) is 0.121. The van der Waals surface area contributed by atoms with Crippen LogP contribution in [0.1, 0.15) is 167 Å². The third-order valence-corrected chi connectivity index (χ3v) is 34.4. The summed E-state index contributed by atoms with van der Waals surface area (Å²) in [6.07, 6.45) is 13.5. The van der Waals surface area contributed by atoms with E-state index in [2.05, 4.69) is 114 Å². The Labute approximate surface area is 797 Å². The Kier molecular flexibility index (Phi) is 37.5. The maximum Gasteiger partial charge on any atom is 0.658 e. The number of amides is 4. The second-order valence-electron chi connectivity index (χ2n) is 36.6. The predicted octanol–water partition coefficient (Wildman–Crippen LogP) is 17.7. The van der Waals surface area contributed by atoms with E-state index in [0.717, 1.165) is 109 Å². The minimum absolute atomic E-state index is 0.0187. The molecule has 1 aliphatic carbocycles. The number of nitrogens with one attached hydrogen (secondary N) is 4. The summed E-state index contributed by atoms with van der Waals surface area (Å²) in [5.74, 6) is 2.61. The summed E-state index contributed by atoms with van der Waals surface area (Å²) in [6, 6.07) is 59.8. The van der Waals surface area contributed by atoms with E-state index in [0.29, 0.717) is 78.6 Å². The number of methoxy groups -OCH3 is 6. The number of thioether (sulfide) groups is 1. The number of anilines is 1. The van der Waals surface area contributed by atoms with Gasteiger partial charge in [0.1, 0.15) is 58.7 Å². The largest absolute Gasteiger partial charge is 0.658 e. The van der Waals surface area contributed by atoms with Gasteiger partial charge in [-0.15, -0.1) is 0 Å². The number of carbonyl (C=O) groups is 4. The topological polar surface area (TPSA) is 302 Å². The summed E-state index contributed by atoms with van der Waals surface area (Å²) in [6.45, 7) is 11.6. The molecular weight excluding hydrogens is 1770 g/mol. The quantitative estimate of drug-likeness (QED) is 0.00524. The van der Waals surface area contributed by atoms with Crippen molar-refractivity contribution in [2.75, 3.05) is 93.3 Å². The van der Waals surface area contributed by atoms with Crippen LogP contribution in [0.25, 0.3) is 11.2 Å². The zero-order valence-corrected chi connectivity index (χ0v) is 83.6. The highest BCUT2D eigenvalue weighted by molar-refractivity contribution is 8.00. The normalized spacial score (nSPS) is 19.1. The van der Waals surface area contributed by atoms with Crippen LogP contribution >= 0.6 is 11.8 Å². The highest BCUT2D eigenvalue weighted by atomic mass is 32.2. The third-order valence-electron chi connectivity index (χ3n) is 24.9. The molecule has 5 heterocycles. The van der Waals surface area contributed by atoms with Gasteiger partial charge in [0.2, 0.25) is 11.8 Å². The number of hydrogen-bond acceptors (Lipinski definition) is 24. The van der Waals surface area contributed by atoms with Crippen LogP contribution in [-0.4, -0.2) is 216 Å². The lowest BCUT2D eigenvalue weighted by Crippen LogP contribution is -2.61. The van der Waals surface area contributed by atoms with Gasteiger partial charge in [0.25, 0.3) is 6.48 Å². The standard InChI is InChI=1S/C102H137N9O19SSi3/c1-116-64-66-122-100(123-67-65-117-2)127-94-93(126-98(114)85(68-73-36-24-20-25-37-73)107-90(113)46-32-23-35-63-103-89(112)45-34-33-44-88-91-86(70-131-88)111(99(115)108-91)102(77-40-28-22-29-41-77,78-51-59-82(120-5)60-52-78)79-53-61-83(121-6)62-54-79)87(69-124-134(129-132(7,8)9,130-133(10,11)12)128-84-42-30-18-16-14-13-15-17-19-31-43-84)125-97(94)110-72-106-92-95(104-71-105-96(92)110)109-101(74-38-26-21-27-39-74,75-47-55-80(118-3)56-48-75)76-49-57-81(119-4)58-50-76/h20-22,24-29,36-41,47-62,71-72,84-88,91,93-94,97,100H,13-19,23,30-35,42-46,63-70H2,1-12H3,(H,103,112)(H,107,113)(H,108,115)(H,104,105,109)/t85-,86-,87+,88-,91-,93+,94+,97+/m0/s1/i114+2. The van der Waals surface area contributed by atoms with Crippen molar-refractivity contribution >= 4 is 78.2 Å². The number of fused-ring (bicyclic) bond motifs is 2. The van der Waals surface area contributed by atoms with Gasteiger partial charge >= 0.3 is 21.0 Å². The number of unbranched alkanes of at least 4 members (excludes halogenated alkanes) is 3. The van der Waals surface area contributed by atoms with Gasteiger partial charge in [-0.2, -0.15) is 11.8 Å². The Bertz CT molecular complexity index is 4980. The van der Waals surface area contributed by atoms with E-state index in [4.69, 9.17) is 84.1 Å². The molecule has 2 aromatic heterocycles. The summed E-state index contributed by atoms with van der Waals surface area (Å²) < 4.78 is 99.6. The van der Waals surface area contributed by atoms with Crippen LogP contribution in [0.5, 0.6) is 23.0 Å². The Morgan fingerprint density at radius 1 is 0.575 bits per heavy atom. The Morgan fingerprint density at radius 2 is 1.07 bits per heavy atom. The highest BCUT2D eigenvalue weighted by Crippen LogP contribution is 2.51. The van der Waals surface area contributed by atoms with Crippen molar-refractivity contribution in [3.63, 3.8) is 0 Å². The van der Waals surface area contributed by atoms with Crippen molar-refractivity contribution in [1.82, 2.24) is 40.4 Å². The molecule has 3 aliphatic heterocycles. The van der Waals surface area contributed by atoms with Crippen LogP contribution in [-0.2, 0) is 82.1 Å². The number of carbonyl (C=O) groups excluding carboxylic acids is 4. The molecule has 13 rings (SSSR count). The lowest BCUT2D eigenvalue weighted by Gasteiger charge is -2.45. The van der Waals surface area contributed by atoms with Gasteiger partial charge in [0.15, 0.2) is 45.9 Å². The molecule has 0 unspecified atom stereocenters. The van der Waals surface area contributed by atoms with Gasteiger partial charge in [-0.3, -0.25) is 14.2 Å². The van der Waals surface area contributed by atoms with Gasteiger partial charge in [-0.05, 0) is 165 Å². The molecule has 9 aromatic rings. The second kappa shape index (κ2) is 49.4. The second-order valence-corrected chi connectivity index (χ2v) is 49.5. The van der Waals surface area contributed by atoms with Gasteiger partial charge in [-0.25, -0.2) is 24.5 Å². The maximum absolute atomic E-state index is 16.1. The van der Waals surface area contributed by atoms with Crippen molar-refractivity contribution in [1.29, 1.82) is 0 Å². The smallest absolute Gasteiger partial charge is 0.497 e. The fourth-order valence-electron chi connectivity index (χ4n) is 18.5. The average molecular weight is 1910 g/mol. The number of ether oxygens (including phenoxy) is 11. The molecular formula is C102H137N9O19SSi3. The molecule has 8 atom stereocenters. The van der Waals surface area contributed by atoms with E-state index in [1.54, 1.807) is 53.6 Å². The number of hydrogen-bond donors (Lipinski definition) is 4. The van der Waals surface area contributed by atoms with Crippen molar-refractivity contribution in [3.8, 4) is 23.0 Å². The number of urea groups is 1. The fraction of sp³-hybridized carbons (Fsp3) is 0.500. The minimum Gasteiger partial charge on any atom is -0.497 e. The molecule has 28 nitrogen and oxygen atoms in total. The summed E-state index contributed by atoms with van der Waals surface area (Å²) in [5, 5.41) is 13.7. The van der Waals surface area contributed by atoms with Crippen LogP contribution in [0, 0.1) is 0 Å². The molecule has 4 fully saturated rings. The van der Waals surface area contributed by atoms with Crippen molar-refractivity contribution < 1.29 is 88.4 Å². The van der Waals surface area contributed by atoms with Crippen molar-refractivity contribution in [2.24, 2.45) is 0 Å². The molecule has 4 aliphatic rings. The van der Waals surface area contributed by atoms with E-state index in [1.165, 1.54) is 25.6 Å². The number of imidazole rings is 1. The van der Waals surface area contributed by atoms with Crippen LogP contribution in [0.15, 0.2) is 201 Å². The molecule has 32 heteroatoms. The van der Waals surface area contributed by atoms with Crippen molar-refractivity contribution in [3.05, 3.63) is 240 Å². The number of benzene rings is 7. The molecule has 134 heavy (non-hydrogen) atoms. The number of rotatable bonds is 49. The zero-order valence-electron chi connectivity index (χ0n) is 79.8. The van der Waals surface area contributed by atoms with Crippen LogP contribution in [0.3, 0.4) is 0 Å². The van der Waals surface area contributed by atoms with Gasteiger partial charge in [0.05, 0.1) is 86.0 Å². The maximum atomic E-state index is 16.1. The summed E-state index contributed by atoms with van der Waals surface area (Å²) in [5.41, 5.74) is 4.59. The average Bonchev–Trinajstić information content (AvgIpc) is 1.51. The molecule has 4 N–H and O–H groups in total. The van der Waals surface area contributed by atoms with Gasteiger partial charge in [-0.1, -0.05) is 210 Å². The number of esters is 1. The minimum atomic E-state index is -4.28. The first-order valence-electron chi connectivity index (χ1n) is 47.4. The van der Waals surface area contributed by atoms with Crippen LogP contribution in [0.4, 0.5) is 10.6 Å². The monoisotopic (exact) mass is 1910 g/mol. The SMILES string of the molecule is COCCOC(OCCOC)O[C@@H]1[C@H](OC(=[18O])[C@H](Cc2ccccc2)NC(=O)CCCCCNC(=O)CCCC[C@@H]2SC[C@H]3[C@@H]2NC(=O)N3C(c2ccccc2)(c2ccc(OC)cc2)c2ccc(OC)cc2)[C@@H](CO[Si](OC2CCCCCCCCCCC2)(O[Si](C)(C)C)O[Si](C)(C)C)O[C@H]1n1cnc2c(NC(c3ccccc3)(c3ccc(OC)cc3)c3ccc(OC)cc3)ncnc21. The first kappa shape index (κ1) is 102. The van der Waals surface area contributed by atoms with Crippen LogP contribution in [0.2, 0.25) is 39.3 Å². The Morgan fingerprint density at radius 3 is 1.61 bits per heavy atom. The van der Waals surface area contributed by atoms with E-state index in [9.17, 15) is 14.4 Å². The molecule has 0 spiro atoms. The molecule has 722 valence electrons. The number of nitrogens with zero attached hydrogens (tertiary/aromatic N) is 5. The predicted molar refractivity (Wildman–Crippen MR) is 524 cm³/mol. The Balaban J connectivity index is 0.750. The van der Waals surface area contributed by atoms with E-state index >= 15 is 4.79 Å². The third kappa shape index (κ3) is 26.6. The lowest BCUT2D eigenvalue weighted by molar-refractivity contribution is -0.321. The fourth-order valence-corrected chi connectivity index (χ4v) is 28.5. The number of aromatic nitrogens is 4. The van der Waals surface area contributed by atoms with E-state index in [1.807, 2.05) is 151 Å². The molecule has 7 aromatic carbocycles. The van der Waals surface area contributed by atoms with Crippen LogP contribution < -0.4 is 40.2 Å². The highest BCUT2D eigenvalue weighted by Gasteiger charge is 2.60. The molecule has 3 saturated heterocycles. The van der Waals surface area contributed by atoms with E-state index in [-0.39, 0.29) is 87.2 Å². The molecule has 0 radical (unpaired) electrons. The molecule has 4 amide bonds. The summed E-state index contributed by atoms with van der Waals surface area (Å²) >= 11 is 1.87. The summed E-state index contributed by atoms with van der Waals surface area (Å²) in [4.78, 5) is 76.4. The first-order valence-corrected chi connectivity index (χ1v) is 56.9. The van der Waals surface area contributed by atoms with E-state index < -0.39 is 79.8 Å². The molecule has 0 bridgehead atoms. The lowest BCUT2D eigenvalue weighted by atomic mass is 9.74. The first-order chi connectivity index (χ1) is 65.0. The van der Waals surface area contributed by atoms with Crippen molar-refractivity contribution in [2.45, 2.75) is 239 Å². The Hall–Kier alpha value is -9.63. The zero-order chi connectivity index (χ0) is 94.5. The molecule has 1 saturated carbocycles. The van der Waals surface area contributed by atoms with Gasteiger partial charge in [0, 0.05) is 51.0 Å².